The second-order valence-corrected chi connectivity index (χ2v) is 15.6. The summed E-state index contributed by atoms with van der Waals surface area (Å²) in [6.45, 7) is 20.6. The Hall–Kier alpha value is -1.45. The van der Waals surface area contributed by atoms with Gasteiger partial charge in [0.2, 0.25) is 0 Å². The Bertz CT molecular complexity index is 1030. The molecule has 10 atom stereocenters. The summed E-state index contributed by atoms with van der Waals surface area (Å²) in [4.78, 5) is 37.0. The van der Waals surface area contributed by atoms with Crippen LogP contribution in [0.2, 0.25) is 0 Å². The Morgan fingerprint density at radius 2 is 1.55 bits per heavy atom. The number of hydrogen-bond donors (Lipinski definition) is 0. The molecule has 0 spiro atoms. The number of fused-ring (bicyclic) bond motifs is 7. The van der Waals surface area contributed by atoms with E-state index in [2.05, 4.69) is 48.1 Å². The molecule has 5 unspecified atom stereocenters. The van der Waals surface area contributed by atoms with Gasteiger partial charge in [0.05, 0.1) is 6.42 Å². The topological polar surface area (TPSA) is 60.4 Å². The van der Waals surface area contributed by atoms with E-state index in [1.165, 1.54) is 31.3 Å². The summed E-state index contributed by atoms with van der Waals surface area (Å²) in [5.74, 6) is 2.44. The molecule has 0 aromatic rings. The van der Waals surface area contributed by atoms with Crippen molar-refractivity contribution in [1.29, 1.82) is 0 Å². The average Bonchev–Trinajstić information content (AvgIpc) is 3.23. The normalized spacial score (nSPS) is 49.0. The minimum absolute atomic E-state index is 0.00305. The third-order valence-electron chi connectivity index (χ3n) is 14.1. The van der Waals surface area contributed by atoms with E-state index in [1.807, 2.05) is 0 Å². The van der Waals surface area contributed by atoms with Gasteiger partial charge in [-0.1, -0.05) is 46.8 Å². The smallest absolute Gasteiger partial charge is 0.302 e. The lowest BCUT2D eigenvalue weighted by atomic mass is 9.32. The molecule has 0 bridgehead atoms. The highest BCUT2D eigenvalue weighted by molar-refractivity contribution is 5.94. The highest BCUT2D eigenvalue weighted by atomic mass is 16.5. The molecule has 0 aliphatic heterocycles. The molecule has 5 saturated carbocycles. The van der Waals surface area contributed by atoms with Gasteiger partial charge in [0.1, 0.15) is 18.2 Å². The molecular weight excluding hydrogens is 472 g/mol. The zero-order chi connectivity index (χ0) is 27.9. The third-order valence-corrected chi connectivity index (χ3v) is 14.1. The number of aldehydes is 1. The largest absolute Gasteiger partial charge is 0.462 e. The molecule has 4 nitrogen and oxygen atoms in total. The molecule has 0 N–H and O–H groups in total. The van der Waals surface area contributed by atoms with Crippen LogP contribution in [0.4, 0.5) is 0 Å². The molecule has 0 heterocycles. The molecule has 0 saturated heterocycles. The first-order valence-corrected chi connectivity index (χ1v) is 15.5. The first-order valence-electron chi connectivity index (χ1n) is 15.5. The lowest BCUT2D eigenvalue weighted by molar-refractivity contribution is -0.248. The Morgan fingerprint density at radius 1 is 0.842 bits per heavy atom. The van der Waals surface area contributed by atoms with E-state index >= 15 is 0 Å². The van der Waals surface area contributed by atoms with E-state index in [1.54, 1.807) is 6.92 Å². The fourth-order valence-corrected chi connectivity index (χ4v) is 12.3. The summed E-state index contributed by atoms with van der Waals surface area (Å²) in [6.07, 6.45) is 11.8. The van der Waals surface area contributed by atoms with E-state index in [0.717, 1.165) is 44.8 Å². The summed E-state index contributed by atoms with van der Waals surface area (Å²) >= 11 is 0. The SMILES string of the molecule is C=C(C)C1CC[C@]2(C(=O)CC=O)CC[C@]3(C)C(CCC4[C@@]5(C)CC[C@H](OC(C)=O)C(C)(C)C5CC[C@]43C)C12. The summed E-state index contributed by atoms with van der Waals surface area (Å²) in [6, 6.07) is 0. The van der Waals surface area contributed by atoms with Crippen molar-refractivity contribution in [2.45, 2.75) is 125 Å². The van der Waals surface area contributed by atoms with Crippen LogP contribution in [0.15, 0.2) is 12.2 Å². The summed E-state index contributed by atoms with van der Waals surface area (Å²) < 4.78 is 5.90. The molecule has 38 heavy (non-hydrogen) atoms. The number of ketones is 1. The highest BCUT2D eigenvalue weighted by Gasteiger charge is 2.71. The minimum Gasteiger partial charge on any atom is -0.462 e. The van der Waals surface area contributed by atoms with Crippen LogP contribution in [0, 0.1) is 56.7 Å². The van der Waals surface area contributed by atoms with Crippen LogP contribution in [0.5, 0.6) is 0 Å². The van der Waals surface area contributed by atoms with Crippen LogP contribution in [0.1, 0.15) is 119 Å². The van der Waals surface area contributed by atoms with Crippen LogP contribution < -0.4 is 0 Å². The molecule has 0 amide bonds. The van der Waals surface area contributed by atoms with Crippen LogP contribution in [-0.4, -0.2) is 24.1 Å². The van der Waals surface area contributed by atoms with Crippen molar-refractivity contribution in [3.8, 4) is 0 Å². The zero-order valence-electron chi connectivity index (χ0n) is 25.2. The molecule has 4 heteroatoms. The molecule has 5 rings (SSSR count). The van der Waals surface area contributed by atoms with Crippen molar-refractivity contribution in [2.24, 2.45) is 56.7 Å². The lowest BCUT2D eigenvalue weighted by Gasteiger charge is -2.73. The number of carbonyl (C=O) groups excluding carboxylic acids is 3. The Kier molecular flexibility index (Phi) is 6.68. The first-order chi connectivity index (χ1) is 17.7. The maximum atomic E-state index is 13.6. The summed E-state index contributed by atoms with van der Waals surface area (Å²) in [7, 11) is 0. The van der Waals surface area contributed by atoms with Gasteiger partial charge in [-0.25, -0.2) is 0 Å². The van der Waals surface area contributed by atoms with Crippen LogP contribution >= 0.6 is 0 Å². The maximum absolute atomic E-state index is 13.6. The molecule has 5 aliphatic carbocycles. The van der Waals surface area contributed by atoms with E-state index in [0.29, 0.717) is 29.6 Å². The molecule has 0 aromatic heterocycles. The van der Waals surface area contributed by atoms with Gasteiger partial charge in [-0.15, -0.1) is 0 Å². The number of allylic oxidation sites excluding steroid dienone is 1. The molecule has 0 radical (unpaired) electrons. The summed E-state index contributed by atoms with van der Waals surface area (Å²) in [5, 5.41) is 0. The van der Waals surface area contributed by atoms with Crippen LogP contribution in [0.3, 0.4) is 0 Å². The maximum Gasteiger partial charge on any atom is 0.302 e. The summed E-state index contributed by atoms with van der Waals surface area (Å²) in [5.41, 5.74) is 1.49. The number of ether oxygens (including phenoxy) is 1. The van der Waals surface area contributed by atoms with E-state index in [-0.39, 0.29) is 51.4 Å². The Morgan fingerprint density at radius 3 is 2.18 bits per heavy atom. The zero-order valence-corrected chi connectivity index (χ0v) is 25.2. The van der Waals surface area contributed by atoms with Gasteiger partial charge in [-0.2, -0.15) is 0 Å². The second-order valence-electron chi connectivity index (χ2n) is 15.6. The average molecular weight is 525 g/mol. The van der Waals surface area contributed by atoms with Crippen molar-refractivity contribution in [2.75, 3.05) is 0 Å². The number of esters is 1. The van der Waals surface area contributed by atoms with Crippen molar-refractivity contribution in [1.82, 2.24) is 0 Å². The van der Waals surface area contributed by atoms with Crippen LogP contribution in [-0.2, 0) is 19.1 Å². The number of Topliss-reactive ketones (excluding diaryl/α,β-unsaturated/α-hetero) is 1. The monoisotopic (exact) mass is 524 g/mol. The van der Waals surface area contributed by atoms with Gasteiger partial charge < -0.3 is 9.53 Å². The predicted octanol–water partition coefficient (Wildman–Crippen LogP) is 7.73. The molecular formula is C34H52O4. The van der Waals surface area contributed by atoms with Gasteiger partial charge >= 0.3 is 5.97 Å². The van der Waals surface area contributed by atoms with Crippen molar-refractivity contribution < 1.29 is 19.1 Å². The van der Waals surface area contributed by atoms with Crippen molar-refractivity contribution in [3.63, 3.8) is 0 Å². The van der Waals surface area contributed by atoms with E-state index in [4.69, 9.17) is 4.74 Å². The van der Waals surface area contributed by atoms with Gasteiger partial charge in [0.25, 0.3) is 0 Å². The number of hydrogen-bond acceptors (Lipinski definition) is 4. The third kappa shape index (κ3) is 3.56. The molecule has 5 fully saturated rings. The standard InChI is InChI=1S/C34H52O4/c1-21(2)23-11-17-34(27(37)14-20-35)19-18-32(7)24(29(23)34)9-10-26-31(6)15-13-28(38-22(3)36)30(4,5)25(31)12-16-33(26,32)8/h20,23-26,28-29H,1,9-19H2,2-8H3/t23?,24?,25?,26?,28-,29?,31-,32+,33+,34+/m0/s1. The Balaban J connectivity index is 1.52. The first kappa shape index (κ1) is 28.1. The fraction of sp³-hybridized carbons (Fsp3) is 0.853. The van der Waals surface area contributed by atoms with Gasteiger partial charge in [0.15, 0.2) is 0 Å². The van der Waals surface area contributed by atoms with Crippen molar-refractivity contribution in [3.05, 3.63) is 12.2 Å². The highest BCUT2D eigenvalue weighted by Crippen LogP contribution is 2.77. The number of carbonyl (C=O) groups is 3. The van der Waals surface area contributed by atoms with Gasteiger partial charge in [-0.05, 0) is 117 Å². The number of rotatable bonds is 5. The van der Waals surface area contributed by atoms with E-state index in [9.17, 15) is 14.4 Å². The van der Waals surface area contributed by atoms with Crippen LogP contribution in [0.25, 0.3) is 0 Å². The van der Waals surface area contributed by atoms with Gasteiger partial charge in [-0.3, -0.25) is 9.59 Å². The fourth-order valence-electron chi connectivity index (χ4n) is 12.3. The Labute approximate surface area is 231 Å². The molecule has 212 valence electrons. The molecule has 0 aromatic carbocycles. The predicted molar refractivity (Wildman–Crippen MR) is 150 cm³/mol. The molecule has 5 aliphatic rings. The van der Waals surface area contributed by atoms with Gasteiger partial charge in [0, 0.05) is 17.8 Å². The quantitative estimate of drug-likeness (QED) is 0.160. The van der Waals surface area contributed by atoms with Crippen molar-refractivity contribution >= 4 is 18.0 Å². The minimum atomic E-state index is -0.330. The second kappa shape index (κ2) is 9.03. The van der Waals surface area contributed by atoms with E-state index < -0.39 is 0 Å². The lowest BCUT2D eigenvalue weighted by Crippen LogP contribution is -2.67.